The number of benzene rings is 6. The number of amides is 3. The first-order valence-electron chi connectivity index (χ1n) is 35.2. The Morgan fingerprint density at radius 3 is 1.36 bits per heavy atom. The predicted molar refractivity (Wildman–Crippen MR) is 376 cm³/mol. The summed E-state index contributed by atoms with van der Waals surface area (Å²) in [5.74, 6) is -2.17. The Labute approximate surface area is 570 Å². The molecule has 514 valence electrons. The zero-order valence-corrected chi connectivity index (χ0v) is 56.6. The van der Waals surface area contributed by atoms with Gasteiger partial charge < -0.3 is 48.9 Å². The number of piperidine rings is 4. The number of epoxide rings is 1. The molecule has 9 aliphatic rings. The summed E-state index contributed by atoms with van der Waals surface area (Å²) in [5.41, 5.74) is 11.3. The van der Waals surface area contributed by atoms with Crippen LogP contribution in [-0.4, -0.2) is 161 Å². The number of aliphatic hydroxyl groups excluding tert-OH is 1. The lowest BCUT2D eigenvalue weighted by Gasteiger charge is -2.42. The highest BCUT2D eigenvalue weighted by atomic mass is 19.1. The smallest absolute Gasteiger partial charge is 0.410 e. The fraction of sp³-hybridized carbons (Fsp3) is 0.463. The van der Waals surface area contributed by atoms with Gasteiger partial charge in [-0.25, -0.2) is 22.4 Å². The maximum Gasteiger partial charge on any atom is 0.410 e. The zero-order valence-electron chi connectivity index (χ0n) is 56.6. The monoisotopic (exact) mass is 1330 g/mol. The molecule has 2 atom stereocenters. The van der Waals surface area contributed by atoms with Crippen molar-refractivity contribution in [3.63, 3.8) is 0 Å². The molecular formula is C80H95F4N7O6. The zero-order chi connectivity index (χ0) is 67.7. The number of ether oxygens (including phenoxy) is 2. The summed E-state index contributed by atoms with van der Waals surface area (Å²) < 4.78 is 63.6. The molecule has 1 N–H and O–H groups in total. The number of carbonyl (C=O) groups is 3. The molecular weight excluding hydrogens is 1230 g/mol. The lowest BCUT2D eigenvalue weighted by atomic mass is 9.71. The van der Waals surface area contributed by atoms with Crippen molar-refractivity contribution in [3.05, 3.63) is 208 Å². The van der Waals surface area contributed by atoms with E-state index >= 15 is 0 Å². The average molecular weight is 1330 g/mol. The van der Waals surface area contributed by atoms with E-state index in [9.17, 15) is 37.1 Å². The summed E-state index contributed by atoms with van der Waals surface area (Å²) >= 11 is 0. The summed E-state index contributed by atoms with van der Waals surface area (Å²) in [7, 11) is 6.58. The number of hydrogen-bond donors (Lipinski definition) is 1. The van der Waals surface area contributed by atoms with E-state index in [1.807, 2.05) is 35.2 Å². The summed E-state index contributed by atoms with van der Waals surface area (Å²) in [6.45, 7) is 11.3. The lowest BCUT2D eigenvalue weighted by Crippen LogP contribution is -2.49. The fourth-order valence-electron chi connectivity index (χ4n) is 16.9. The third-order valence-electron chi connectivity index (χ3n) is 22.3. The number of likely N-dealkylation sites (tertiary alicyclic amines) is 4. The average Bonchev–Trinajstić information content (AvgIpc) is 1.64. The largest absolute Gasteiger partial charge is 0.445 e. The number of β-amino-alcohol motifs (C(OH)–C–C–N with tert-alkyl or cyclic N) is 1. The van der Waals surface area contributed by atoms with Crippen molar-refractivity contribution in [1.82, 2.24) is 19.6 Å². The number of fused-ring (bicyclic) bond motifs is 6. The number of rotatable bonds is 10. The van der Waals surface area contributed by atoms with Gasteiger partial charge in [0.05, 0.1) is 18.8 Å². The third kappa shape index (κ3) is 16.6. The Kier molecular flexibility index (Phi) is 21.9. The fourth-order valence-corrected chi connectivity index (χ4v) is 16.9. The summed E-state index contributed by atoms with van der Waals surface area (Å²) in [6, 6.07) is 42.7. The molecule has 3 spiro atoms. The van der Waals surface area contributed by atoms with Gasteiger partial charge in [0.1, 0.15) is 29.9 Å². The van der Waals surface area contributed by atoms with E-state index in [0.29, 0.717) is 67.9 Å². The van der Waals surface area contributed by atoms with Crippen LogP contribution in [-0.2, 0) is 41.9 Å². The minimum atomic E-state index is -0.666. The van der Waals surface area contributed by atoms with E-state index in [4.69, 9.17) is 9.47 Å². The molecule has 17 heteroatoms. The van der Waals surface area contributed by atoms with Crippen LogP contribution >= 0.6 is 0 Å². The van der Waals surface area contributed by atoms with Gasteiger partial charge in [-0.15, -0.1) is 0 Å². The number of carbonyl (C=O) groups excluding carboxylic acids is 3. The number of hydrogen-bond acceptors (Lipinski definition) is 10. The summed E-state index contributed by atoms with van der Waals surface area (Å²) in [5, 5.41) is 11.0. The molecule has 13 nitrogen and oxygen atoms in total. The SMILES string of the molecule is CN1CC2(CCCCC2)c2ccccc21.CN1CC2(CCN(C(=O)OCc3ccccc3)CC2)c2ccccc21.CN1CC2(CCN(CC(O)C3CCN(C(=O)/C=C/c4cc(F)cc(F)c4)CC3)CC2)c2ccccc21.O=C(/C=C/c1cc(F)cc(F)c1)N1CCC(C2CO2)CC1. The minimum absolute atomic E-state index is 0.116. The van der Waals surface area contributed by atoms with Gasteiger partial charge in [0.25, 0.3) is 0 Å². The van der Waals surface area contributed by atoms with E-state index in [0.717, 1.165) is 115 Å². The molecule has 8 heterocycles. The molecule has 5 saturated heterocycles. The highest BCUT2D eigenvalue weighted by Gasteiger charge is 2.46. The molecule has 8 aliphatic heterocycles. The molecule has 3 amide bonds. The molecule has 6 aromatic rings. The molecule has 0 bridgehead atoms. The summed E-state index contributed by atoms with van der Waals surface area (Å²) in [4.78, 5) is 51.9. The maximum absolute atomic E-state index is 13.3. The van der Waals surface area contributed by atoms with Gasteiger partial charge in [-0.1, -0.05) is 104 Å². The number of anilines is 3. The first-order chi connectivity index (χ1) is 46.9. The van der Waals surface area contributed by atoms with Crippen LogP contribution in [0, 0.1) is 35.1 Å². The van der Waals surface area contributed by atoms with Crippen molar-refractivity contribution in [3.8, 4) is 0 Å². The van der Waals surface area contributed by atoms with Gasteiger partial charge in [0.15, 0.2) is 0 Å². The number of para-hydroxylation sites is 3. The van der Waals surface area contributed by atoms with E-state index in [1.54, 1.807) is 15.4 Å². The van der Waals surface area contributed by atoms with Crippen molar-refractivity contribution < 1.29 is 46.5 Å². The van der Waals surface area contributed by atoms with Crippen molar-refractivity contribution in [2.45, 2.75) is 119 Å². The number of nitrogens with zero attached hydrogens (tertiary/aromatic N) is 7. The van der Waals surface area contributed by atoms with Crippen molar-refractivity contribution >= 4 is 47.1 Å². The Morgan fingerprint density at radius 1 is 0.515 bits per heavy atom. The van der Waals surface area contributed by atoms with Crippen LogP contribution in [0.1, 0.15) is 117 Å². The van der Waals surface area contributed by atoms with Gasteiger partial charge in [-0.2, -0.15) is 0 Å². The van der Waals surface area contributed by atoms with E-state index in [-0.39, 0.29) is 34.7 Å². The lowest BCUT2D eigenvalue weighted by molar-refractivity contribution is -0.128. The topological polar surface area (TPSA) is 116 Å². The second-order valence-electron chi connectivity index (χ2n) is 28.7. The standard InChI is InChI=1S/C29H35F2N3O2.C21H24N2O2.C16H17F2NO2.C14H19N/c1-32-20-29(25-4-2-3-5-26(25)32)10-14-33(15-11-29)19-27(35)22-8-12-34(13-9-22)28(36)7-6-21-16-23(30)18-24(31)17-21;1-22-16-21(18-9-5-6-10-19(18)22)11-13-23(14-12-21)20(24)25-15-17-7-3-2-4-8-17;17-13-7-11(8-14(18)9-13)1-2-16(20)19-5-3-12(4-6-19)15-10-21-15;1-15-11-14(9-5-2-6-10-14)12-7-3-4-8-13(12)15/h2-7,16-18,22,27,35H,8-15,19-20H2,1H3;2-10H,11-16H2,1H3;1-2,7-9,12,15H,3-6,10H2;3-4,7-8H,2,5-6,9-11H2,1H3/b7-6+;;2-1+;. The molecule has 6 fully saturated rings. The van der Waals surface area contributed by atoms with E-state index < -0.39 is 29.4 Å². The molecule has 1 aliphatic carbocycles. The van der Waals surface area contributed by atoms with E-state index in [2.05, 4.69) is 114 Å². The molecule has 1 saturated carbocycles. The van der Waals surface area contributed by atoms with Crippen LogP contribution in [0.4, 0.5) is 39.4 Å². The van der Waals surface area contributed by atoms with Crippen molar-refractivity contribution in [1.29, 1.82) is 0 Å². The number of likely N-dealkylation sites (N-methyl/N-ethyl adjacent to an activating group) is 3. The molecule has 0 radical (unpaired) electrons. The highest BCUT2D eigenvalue weighted by Crippen LogP contribution is 2.50. The third-order valence-corrected chi connectivity index (χ3v) is 22.3. The van der Waals surface area contributed by atoms with Crippen LogP contribution in [0.2, 0.25) is 0 Å². The second-order valence-corrected chi connectivity index (χ2v) is 28.7. The first kappa shape index (κ1) is 68.9. The van der Waals surface area contributed by atoms with Crippen LogP contribution in [0.5, 0.6) is 0 Å². The highest BCUT2D eigenvalue weighted by molar-refractivity contribution is 5.92. The predicted octanol–water partition coefficient (Wildman–Crippen LogP) is 13.8. The van der Waals surface area contributed by atoms with Gasteiger partial charge in [0.2, 0.25) is 11.8 Å². The normalized spacial score (nSPS) is 21.1. The van der Waals surface area contributed by atoms with Gasteiger partial charge in [0, 0.05) is 144 Å². The van der Waals surface area contributed by atoms with Crippen molar-refractivity contribution in [2.24, 2.45) is 11.8 Å². The van der Waals surface area contributed by atoms with Gasteiger partial charge in [-0.05, 0) is 177 Å². The second kappa shape index (κ2) is 30.8. The quantitative estimate of drug-likeness (QED) is 0.0807. The Bertz CT molecular complexity index is 3690. The van der Waals surface area contributed by atoms with Crippen LogP contribution in [0.3, 0.4) is 0 Å². The first-order valence-corrected chi connectivity index (χ1v) is 35.2. The Morgan fingerprint density at radius 2 is 0.918 bits per heavy atom. The maximum atomic E-state index is 13.3. The molecule has 0 aromatic heterocycles. The number of halogens is 4. The van der Waals surface area contributed by atoms with Crippen LogP contribution < -0.4 is 14.7 Å². The molecule has 2 unspecified atom stereocenters. The van der Waals surface area contributed by atoms with Gasteiger partial charge in [-0.3, -0.25) is 9.59 Å². The van der Waals surface area contributed by atoms with Crippen LogP contribution in [0.25, 0.3) is 12.2 Å². The summed E-state index contributed by atoms with van der Waals surface area (Å²) in [6.07, 6.45) is 20.1. The Balaban J connectivity index is 0.000000129. The minimum Gasteiger partial charge on any atom is -0.445 e. The van der Waals surface area contributed by atoms with Crippen molar-refractivity contribution in [2.75, 3.05) is 121 Å². The van der Waals surface area contributed by atoms with Gasteiger partial charge >= 0.3 is 6.09 Å². The molecule has 97 heavy (non-hydrogen) atoms. The van der Waals surface area contributed by atoms with E-state index in [1.165, 1.54) is 115 Å². The number of aliphatic hydroxyl groups is 1. The van der Waals surface area contributed by atoms with Crippen LogP contribution in [0.15, 0.2) is 152 Å². The Hall–Kier alpha value is -7.99. The molecule has 15 rings (SSSR count). The molecule has 6 aromatic carbocycles.